The maximum atomic E-state index is 6.11. The number of ether oxygens (including phenoxy) is 2. The van der Waals surface area contributed by atoms with Crippen LogP contribution in [0.2, 0.25) is 0 Å². The normalized spacial score (nSPS) is 27.3. The smallest absolute Gasteiger partial charge is 0.218 e. The van der Waals surface area contributed by atoms with Crippen LogP contribution < -0.4 is 10.5 Å². The third-order valence-electron chi connectivity index (χ3n) is 3.57. The molecule has 0 spiro atoms. The van der Waals surface area contributed by atoms with E-state index in [1.807, 2.05) is 13.0 Å². The number of hydrogen-bond acceptors (Lipinski definition) is 4. The molecular weight excluding hydrogens is 240 g/mol. The molecule has 2 N–H and O–H groups in total. The van der Waals surface area contributed by atoms with E-state index in [4.69, 9.17) is 15.2 Å². The van der Waals surface area contributed by atoms with Gasteiger partial charge in [-0.25, -0.2) is 4.98 Å². The van der Waals surface area contributed by atoms with E-state index in [2.05, 4.69) is 25.8 Å². The van der Waals surface area contributed by atoms with Gasteiger partial charge in [0.2, 0.25) is 5.88 Å². The lowest BCUT2D eigenvalue weighted by Gasteiger charge is -2.32. The summed E-state index contributed by atoms with van der Waals surface area (Å²) in [4.78, 5) is 4.51. The van der Waals surface area contributed by atoms with Crippen LogP contribution in [0.3, 0.4) is 0 Å². The molecule has 4 heteroatoms. The van der Waals surface area contributed by atoms with Crippen LogP contribution in [0, 0.1) is 13.8 Å². The first-order chi connectivity index (χ1) is 8.99. The van der Waals surface area contributed by atoms with Crippen molar-refractivity contribution in [1.29, 1.82) is 0 Å². The topological polar surface area (TPSA) is 57.4 Å². The SMILES string of the molecule is Cc1cc(C)c(CN)c(OC2CC(C)OC(C)C2)n1. The van der Waals surface area contributed by atoms with Crippen LogP contribution in [-0.4, -0.2) is 23.3 Å². The molecule has 1 aromatic rings. The Morgan fingerprint density at radius 3 is 2.53 bits per heavy atom. The molecule has 1 fully saturated rings. The van der Waals surface area contributed by atoms with Gasteiger partial charge in [0.1, 0.15) is 6.10 Å². The summed E-state index contributed by atoms with van der Waals surface area (Å²) in [5, 5.41) is 0. The Bertz CT molecular complexity index is 438. The number of pyridine rings is 1. The zero-order valence-corrected chi connectivity index (χ0v) is 12.3. The van der Waals surface area contributed by atoms with E-state index >= 15 is 0 Å². The van der Waals surface area contributed by atoms with Gasteiger partial charge in [0.15, 0.2) is 0 Å². The third-order valence-corrected chi connectivity index (χ3v) is 3.57. The lowest BCUT2D eigenvalue weighted by molar-refractivity contribution is -0.0731. The van der Waals surface area contributed by atoms with Crippen LogP contribution in [-0.2, 0) is 11.3 Å². The molecule has 1 aliphatic rings. The first kappa shape index (κ1) is 14.3. The lowest BCUT2D eigenvalue weighted by Crippen LogP contribution is -2.36. The van der Waals surface area contributed by atoms with E-state index in [9.17, 15) is 0 Å². The minimum atomic E-state index is 0.165. The number of hydrogen-bond donors (Lipinski definition) is 1. The largest absolute Gasteiger partial charge is 0.474 e. The highest BCUT2D eigenvalue weighted by molar-refractivity contribution is 5.35. The number of aryl methyl sites for hydroxylation is 2. The number of rotatable bonds is 3. The summed E-state index contributed by atoms with van der Waals surface area (Å²) >= 11 is 0. The predicted octanol–water partition coefficient (Wildman–Crippen LogP) is 2.49. The van der Waals surface area contributed by atoms with E-state index < -0.39 is 0 Å². The highest BCUT2D eigenvalue weighted by Crippen LogP contribution is 2.27. The van der Waals surface area contributed by atoms with Crippen LogP contribution in [0.25, 0.3) is 0 Å². The average molecular weight is 264 g/mol. The van der Waals surface area contributed by atoms with E-state index in [1.165, 1.54) is 0 Å². The Morgan fingerprint density at radius 2 is 1.95 bits per heavy atom. The molecule has 19 heavy (non-hydrogen) atoms. The summed E-state index contributed by atoms with van der Waals surface area (Å²) in [6.07, 6.45) is 2.45. The molecule has 0 bridgehead atoms. The first-order valence-corrected chi connectivity index (χ1v) is 6.99. The Balaban J connectivity index is 2.18. The number of nitrogens with two attached hydrogens (primary N) is 1. The number of nitrogens with zero attached hydrogens (tertiary/aromatic N) is 1. The van der Waals surface area contributed by atoms with E-state index in [-0.39, 0.29) is 18.3 Å². The van der Waals surface area contributed by atoms with Gasteiger partial charge >= 0.3 is 0 Å². The fraction of sp³-hybridized carbons (Fsp3) is 0.667. The van der Waals surface area contributed by atoms with Crippen molar-refractivity contribution in [3.63, 3.8) is 0 Å². The second kappa shape index (κ2) is 5.88. The Morgan fingerprint density at radius 1 is 1.32 bits per heavy atom. The van der Waals surface area contributed by atoms with E-state index in [0.717, 1.165) is 29.7 Å². The quantitative estimate of drug-likeness (QED) is 0.911. The molecule has 0 aromatic carbocycles. The van der Waals surface area contributed by atoms with Crippen molar-refractivity contribution >= 4 is 0 Å². The maximum Gasteiger partial charge on any atom is 0.218 e. The van der Waals surface area contributed by atoms with Crippen LogP contribution in [0.1, 0.15) is 43.5 Å². The van der Waals surface area contributed by atoms with Crippen molar-refractivity contribution in [3.8, 4) is 5.88 Å². The van der Waals surface area contributed by atoms with Gasteiger partial charge in [0, 0.05) is 30.6 Å². The average Bonchev–Trinajstić information content (AvgIpc) is 2.26. The molecule has 2 rings (SSSR count). The minimum absolute atomic E-state index is 0.165. The highest BCUT2D eigenvalue weighted by atomic mass is 16.5. The van der Waals surface area contributed by atoms with Crippen LogP contribution >= 0.6 is 0 Å². The summed E-state index contributed by atoms with van der Waals surface area (Å²) in [6.45, 7) is 8.67. The van der Waals surface area contributed by atoms with Crippen molar-refractivity contribution in [2.75, 3.05) is 0 Å². The van der Waals surface area contributed by atoms with Gasteiger partial charge < -0.3 is 15.2 Å². The summed E-state index contributed by atoms with van der Waals surface area (Å²) in [6, 6.07) is 2.05. The van der Waals surface area contributed by atoms with Crippen molar-refractivity contribution in [1.82, 2.24) is 4.98 Å². The molecule has 0 saturated carbocycles. The minimum Gasteiger partial charge on any atom is -0.474 e. The van der Waals surface area contributed by atoms with Crippen LogP contribution in [0.15, 0.2) is 6.07 Å². The summed E-state index contributed by atoms with van der Waals surface area (Å²) in [5.41, 5.74) is 8.95. The lowest BCUT2D eigenvalue weighted by atomic mass is 10.0. The molecule has 0 amide bonds. The summed E-state index contributed by atoms with van der Waals surface area (Å²) in [5.74, 6) is 0.700. The maximum absolute atomic E-state index is 6.11. The molecule has 1 aromatic heterocycles. The summed E-state index contributed by atoms with van der Waals surface area (Å²) < 4.78 is 11.8. The van der Waals surface area contributed by atoms with Gasteiger partial charge in [0.05, 0.1) is 12.2 Å². The van der Waals surface area contributed by atoms with Crippen molar-refractivity contribution in [3.05, 3.63) is 22.9 Å². The molecule has 106 valence electrons. The molecule has 2 heterocycles. The highest BCUT2D eigenvalue weighted by Gasteiger charge is 2.27. The third kappa shape index (κ3) is 3.45. The second-order valence-corrected chi connectivity index (χ2v) is 5.54. The van der Waals surface area contributed by atoms with Gasteiger partial charge in [-0.3, -0.25) is 0 Å². The molecule has 2 unspecified atom stereocenters. The monoisotopic (exact) mass is 264 g/mol. The van der Waals surface area contributed by atoms with Crippen LogP contribution in [0.4, 0.5) is 0 Å². The molecule has 1 aliphatic heterocycles. The zero-order chi connectivity index (χ0) is 14.0. The Hall–Kier alpha value is -1.13. The van der Waals surface area contributed by atoms with Crippen LogP contribution in [0.5, 0.6) is 5.88 Å². The number of aromatic nitrogens is 1. The van der Waals surface area contributed by atoms with Crippen molar-refractivity contribution in [2.24, 2.45) is 5.73 Å². The molecule has 1 saturated heterocycles. The standard InChI is InChI=1S/C15H24N2O2/c1-9-5-10(2)17-15(14(9)8-16)19-13-6-11(3)18-12(4)7-13/h5,11-13H,6-8,16H2,1-4H3. The van der Waals surface area contributed by atoms with E-state index in [0.29, 0.717) is 12.4 Å². The van der Waals surface area contributed by atoms with E-state index in [1.54, 1.807) is 0 Å². The van der Waals surface area contributed by atoms with Gasteiger partial charge in [-0.15, -0.1) is 0 Å². The van der Waals surface area contributed by atoms with Gasteiger partial charge in [-0.1, -0.05) is 0 Å². The second-order valence-electron chi connectivity index (χ2n) is 5.54. The van der Waals surface area contributed by atoms with Gasteiger partial charge in [-0.05, 0) is 39.3 Å². The Labute approximate surface area is 115 Å². The van der Waals surface area contributed by atoms with Gasteiger partial charge in [-0.2, -0.15) is 0 Å². The van der Waals surface area contributed by atoms with Crippen molar-refractivity contribution in [2.45, 2.75) is 65.4 Å². The molecule has 0 aliphatic carbocycles. The van der Waals surface area contributed by atoms with Gasteiger partial charge in [0.25, 0.3) is 0 Å². The molecule has 2 atom stereocenters. The first-order valence-electron chi connectivity index (χ1n) is 6.99. The zero-order valence-electron chi connectivity index (χ0n) is 12.3. The molecule has 0 radical (unpaired) electrons. The predicted molar refractivity (Wildman–Crippen MR) is 75.3 cm³/mol. The Kier molecular flexibility index (Phi) is 4.42. The summed E-state index contributed by atoms with van der Waals surface area (Å²) in [7, 11) is 0. The fourth-order valence-electron chi connectivity index (χ4n) is 2.77. The molecular formula is C15H24N2O2. The molecule has 4 nitrogen and oxygen atoms in total. The fourth-order valence-corrected chi connectivity index (χ4v) is 2.77. The van der Waals surface area contributed by atoms with Crippen molar-refractivity contribution < 1.29 is 9.47 Å².